The highest BCUT2D eigenvalue weighted by molar-refractivity contribution is 6.31. The van der Waals surface area contributed by atoms with Gasteiger partial charge in [-0.3, -0.25) is 0 Å². The third kappa shape index (κ3) is 2.97. The largest absolute Gasteiger partial charge is 0.490 e. The minimum Gasteiger partial charge on any atom is -0.490 e. The minimum absolute atomic E-state index is 0.361. The molecule has 1 fully saturated rings. The monoisotopic (exact) mass is 288 g/mol. The molecule has 0 aliphatic heterocycles. The van der Waals surface area contributed by atoms with E-state index in [9.17, 15) is 5.11 Å². The molecule has 0 saturated heterocycles. The maximum absolute atomic E-state index is 10.5. The lowest BCUT2D eigenvalue weighted by atomic mass is 10.00. The lowest BCUT2D eigenvalue weighted by Gasteiger charge is -2.14. The molecule has 2 aromatic rings. The summed E-state index contributed by atoms with van der Waals surface area (Å²) in [6.07, 6.45) is 1.96. The molecule has 1 aliphatic rings. The molecule has 2 nitrogen and oxygen atoms in total. The second-order valence-electron chi connectivity index (χ2n) is 5.30. The fraction of sp³-hybridized carbons (Fsp3) is 0.294. The molecule has 1 atom stereocenters. The molecule has 1 N–H and O–H groups in total. The van der Waals surface area contributed by atoms with E-state index in [1.54, 1.807) is 0 Å². The van der Waals surface area contributed by atoms with Crippen molar-refractivity contribution in [3.05, 3.63) is 64.2 Å². The summed E-state index contributed by atoms with van der Waals surface area (Å²) < 4.78 is 5.76. The highest BCUT2D eigenvalue weighted by Gasteiger charge is 2.23. The van der Waals surface area contributed by atoms with Crippen LogP contribution in [-0.2, 0) is 0 Å². The highest BCUT2D eigenvalue weighted by Crippen LogP contribution is 2.30. The Kier molecular flexibility index (Phi) is 3.68. The summed E-state index contributed by atoms with van der Waals surface area (Å²) in [5, 5.41) is 11.2. The van der Waals surface area contributed by atoms with E-state index in [1.165, 1.54) is 0 Å². The Labute approximate surface area is 124 Å². The first-order valence-electron chi connectivity index (χ1n) is 6.84. The third-order valence-electron chi connectivity index (χ3n) is 3.50. The molecule has 2 aromatic carbocycles. The van der Waals surface area contributed by atoms with Gasteiger partial charge in [0.15, 0.2) is 0 Å². The van der Waals surface area contributed by atoms with Crippen molar-refractivity contribution in [3.63, 3.8) is 0 Å². The predicted molar refractivity (Wildman–Crippen MR) is 80.3 cm³/mol. The predicted octanol–water partition coefficient (Wildman–Crippen LogP) is 4.27. The highest BCUT2D eigenvalue weighted by atomic mass is 35.5. The SMILES string of the molecule is Cc1cc(C(O)c2cccc(OC3CC3)c2)ccc1Cl. The summed E-state index contributed by atoms with van der Waals surface area (Å²) in [4.78, 5) is 0. The number of ether oxygens (including phenoxy) is 1. The lowest BCUT2D eigenvalue weighted by molar-refractivity contribution is 0.219. The van der Waals surface area contributed by atoms with Crippen LogP contribution in [0.4, 0.5) is 0 Å². The first-order valence-corrected chi connectivity index (χ1v) is 7.22. The van der Waals surface area contributed by atoms with E-state index < -0.39 is 6.10 Å². The second-order valence-corrected chi connectivity index (χ2v) is 5.71. The zero-order valence-electron chi connectivity index (χ0n) is 11.3. The van der Waals surface area contributed by atoms with Crippen molar-refractivity contribution in [3.8, 4) is 5.75 Å². The Hall–Kier alpha value is -1.51. The average Bonchev–Trinajstić information content (AvgIpc) is 3.25. The number of hydrogen-bond acceptors (Lipinski definition) is 2. The smallest absolute Gasteiger partial charge is 0.120 e. The number of aryl methyl sites for hydroxylation is 1. The molecule has 3 heteroatoms. The maximum Gasteiger partial charge on any atom is 0.120 e. The summed E-state index contributed by atoms with van der Waals surface area (Å²) in [5.41, 5.74) is 2.65. The van der Waals surface area contributed by atoms with E-state index in [0.717, 1.165) is 35.3 Å². The van der Waals surface area contributed by atoms with E-state index in [4.69, 9.17) is 16.3 Å². The molecule has 1 saturated carbocycles. The van der Waals surface area contributed by atoms with Gasteiger partial charge in [0, 0.05) is 5.02 Å². The molecule has 1 unspecified atom stereocenters. The number of aliphatic hydroxyl groups is 1. The molecule has 0 radical (unpaired) electrons. The average molecular weight is 289 g/mol. The van der Waals surface area contributed by atoms with Crippen molar-refractivity contribution in [1.82, 2.24) is 0 Å². The molecule has 104 valence electrons. The molecule has 0 heterocycles. The van der Waals surface area contributed by atoms with Crippen molar-refractivity contribution < 1.29 is 9.84 Å². The number of halogens is 1. The first-order chi connectivity index (χ1) is 9.63. The van der Waals surface area contributed by atoms with Gasteiger partial charge in [-0.05, 0) is 54.7 Å². The van der Waals surface area contributed by atoms with Crippen molar-refractivity contribution in [1.29, 1.82) is 0 Å². The zero-order chi connectivity index (χ0) is 14.1. The third-order valence-corrected chi connectivity index (χ3v) is 3.92. The Balaban J connectivity index is 1.84. The van der Waals surface area contributed by atoms with Gasteiger partial charge in [-0.25, -0.2) is 0 Å². The number of aliphatic hydroxyl groups excluding tert-OH is 1. The maximum atomic E-state index is 10.5. The summed E-state index contributed by atoms with van der Waals surface area (Å²) in [5.74, 6) is 0.828. The van der Waals surface area contributed by atoms with Crippen LogP contribution in [0.25, 0.3) is 0 Å². The van der Waals surface area contributed by atoms with E-state index in [-0.39, 0.29) is 0 Å². The van der Waals surface area contributed by atoms with Crippen LogP contribution in [0.2, 0.25) is 5.02 Å². The lowest BCUT2D eigenvalue weighted by Crippen LogP contribution is -2.02. The molecular formula is C17H17ClO2. The Morgan fingerprint density at radius 2 is 1.90 bits per heavy atom. The summed E-state index contributed by atoms with van der Waals surface area (Å²) in [6, 6.07) is 13.3. The second kappa shape index (κ2) is 5.47. The summed E-state index contributed by atoms with van der Waals surface area (Å²) in [6.45, 7) is 1.94. The molecule has 0 spiro atoms. The number of rotatable bonds is 4. The Bertz CT molecular complexity index is 620. The van der Waals surface area contributed by atoms with Gasteiger partial charge in [-0.1, -0.05) is 35.9 Å². The standard InChI is InChI=1S/C17H17ClO2/c1-11-9-13(5-8-16(11)18)17(19)12-3-2-4-15(10-12)20-14-6-7-14/h2-5,8-10,14,17,19H,6-7H2,1H3. The molecule has 0 bridgehead atoms. The van der Waals surface area contributed by atoms with Crippen LogP contribution >= 0.6 is 11.6 Å². The number of hydrogen-bond donors (Lipinski definition) is 1. The molecule has 0 amide bonds. The van der Waals surface area contributed by atoms with Gasteiger partial charge in [0.2, 0.25) is 0 Å². The minimum atomic E-state index is -0.659. The normalized spacial score (nSPS) is 15.9. The summed E-state index contributed by atoms with van der Waals surface area (Å²) in [7, 11) is 0. The van der Waals surface area contributed by atoms with E-state index >= 15 is 0 Å². The van der Waals surface area contributed by atoms with Gasteiger partial charge in [0.05, 0.1) is 6.10 Å². The number of benzene rings is 2. The molecule has 3 rings (SSSR count). The van der Waals surface area contributed by atoms with Gasteiger partial charge in [-0.2, -0.15) is 0 Å². The first kappa shape index (κ1) is 13.5. The topological polar surface area (TPSA) is 29.5 Å². The van der Waals surface area contributed by atoms with Crippen molar-refractivity contribution in [2.75, 3.05) is 0 Å². The Morgan fingerprint density at radius 1 is 1.15 bits per heavy atom. The van der Waals surface area contributed by atoms with E-state index in [1.807, 2.05) is 49.4 Å². The van der Waals surface area contributed by atoms with Crippen LogP contribution in [0, 0.1) is 6.92 Å². The Morgan fingerprint density at radius 3 is 2.60 bits per heavy atom. The fourth-order valence-corrected chi connectivity index (χ4v) is 2.28. The molecule has 20 heavy (non-hydrogen) atoms. The van der Waals surface area contributed by atoms with Crippen LogP contribution in [0.15, 0.2) is 42.5 Å². The fourth-order valence-electron chi connectivity index (χ4n) is 2.17. The molecular weight excluding hydrogens is 272 g/mol. The van der Waals surface area contributed by atoms with E-state index in [2.05, 4.69) is 0 Å². The van der Waals surface area contributed by atoms with Crippen LogP contribution in [0.3, 0.4) is 0 Å². The van der Waals surface area contributed by atoms with Gasteiger partial charge >= 0.3 is 0 Å². The van der Waals surface area contributed by atoms with Gasteiger partial charge < -0.3 is 9.84 Å². The molecule has 1 aliphatic carbocycles. The van der Waals surface area contributed by atoms with Gasteiger partial charge in [-0.15, -0.1) is 0 Å². The van der Waals surface area contributed by atoms with Crippen molar-refractivity contribution >= 4 is 11.6 Å². The quantitative estimate of drug-likeness (QED) is 0.910. The van der Waals surface area contributed by atoms with Gasteiger partial charge in [0.1, 0.15) is 11.9 Å². The van der Waals surface area contributed by atoms with Crippen LogP contribution < -0.4 is 4.74 Å². The van der Waals surface area contributed by atoms with Crippen LogP contribution in [0.1, 0.15) is 35.6 Å². The van der Waals surface area contributed by atoms with Crippen molar-refractivity contribution in [2.45, 2.75) is 32.0 Å². The van der Waals surface area contributed by atoms with E-state index in [0.29, 0.717) is 11.1 Å². The van der Waals surface area contributed by atoms with Crippen molar-refractivity contribution in [2.24, 2.45) is 0 Å². The van der Waals surface area contributed by atoms with Crippen LogP contribution in [0.5, 0.6) is 5.75 Å². The van der Waals surface area contributed by atoms with Gasteiger partial charge in [0.25, 0.3) is 0 Å². The van der Waals surface area contributed by atoms with Crippen LogP contribution in [-0.4, -0.2) is 11.2 Å². The zero-order valence-corrected chi connectivity index (χ0v) is 12.1. The molecule has 0 aromatic heterocycles. The summed E-state index contributed by atoms with van der Waals surface area (Å²) >= 11 is 6.02.